The van der Waals surface area contributed by atoms with E-state index >= 15 is 0 Å². The molecule has 3 rings (SSSR count). The van der Waals surface area contributed by atoms with Crippen molar-refractivity contribution in [3.05, 3.63) is 57.6 Å². The Morgan fingerprint density at radius 2 is 2.24 bits per heavy atom. The Bertz CT molecular complexity index is 816. The Morgan fingerprint density at radius 3 is 3.00 bits per heavy atom. The number of carbonyl (C=O) groups excluding carboxylic acids is 1. The van der Waals surface area contributed by atoms with Crippen LogP contribution in [0.15, 0.2) is 47.2 Å². The second-order valence-electron chi connectivity index (χ2n) is 4.53. The van der Waals surface area contributed by atoms with E-state index in [0.29, 0.717) is 17.1 Å². The van der Waals surface area contributed by atoms with E-state index in [0.717, 1.165) is 20.1 Å². The van der Waals surface area contributed by atoms with Crippen molar-refractivity contribution in [3.8, 4) is 0 Å². The highest BCUT2D eigenvalue weighted by Crippen LogP contribution is 2.32. The molecule has 4 nitrogen and oxygen atoms in total. The van der Waals surface area contributed by atoms with Gasteiger partial charge in [0.05, 0.1) is 10.4 Å². The molecule has 1 amide bonds. The van der Waals surface area contributed by atoms with Gasteiger partial charge in [0.2, 0.25) is 0 Å². The second-order valence-corrected chi connectivity index (χ2v) is 6.50. The minimum absolute atomic E-state index is 0.159. The predicted octanol–water partition coefficient (Wildman–Crippen LogP) is 3.57. The standard InChI is InChI=1S/C15H12BrN3OS/c16-10-3-1-2-9(6-10)7-19-15(20)14-13(17)11-4-5-18-8-12(11)21-14/h1-6,8H,7,17H2,(H,19,20). The third-order valence-corrected chi connectivity index (χ3v) is 4.73. The van der Waals surface area contributed by atoms with Gasteiger partial charge in [0.15, 0.2) is 0 Å². The average Bonchev–Trinajstić information content (AvgIpc) is 2.83. The maximum Gasteiger partial charge on any atom is 0.263 e. The molecule has 3 aromatic rings. The van der Waals surface area contributed by atoms with Crippen LogP contribution in [0.1, 0.15) is 15.2 Å². The first-order chi connectivity index (χ1) is 10.1. The number of amides is 1. The normalized spacial score (nSPS) is 10.7. The smallest absolute Gasteiger partial charge is 0.263 e. The number of pyridine rings is 1. The molecule has 0 fully saturated rings. The zero-order valence-electron chi connectivity index (χ0n) is 11.0. The highest BCUT2D eigenvalue weighted by atomic mass is 79.9. The summed E-state index contributed by atoms with van der Waals surface area (Å²) in [5.74, 6) is -0.159. The number of fused-ring (bicyclic) bond motifs is 1. The van der Waals surface area contributed by atoms with Crippen LogP contribution >= 0.6 is 27.3 Å². The lowest BCUT2D eigenvalue weighted by Crippen LogP contribution is -2.22. The minimum Gasteiger partial charge on any atom is -0.397 e. The van der Waals surface area contributed by atoms with Gasteiger partial charge in [0.1, 0.15) is 4.88 Å². The van der Waals surface area contributed by atoms with Crippen LogP contribution < -0.4 is 11.1 Å². The van der Waals surface area contributed by atoms with E-state index in [1.807, 2.05) is 30.3 Å². The Morgan fingerprint density at radius 1 is 1.38 bits per heavy atom. The van der Waals surface area contributed by atoms with Crippen molar-refractivity contribution in [1.82, 2.24) is 10.3 Å². The minimum atomic E-state index is -0.159. The van der Waals surface area contributed by atoms with E-state index in [2.05, 4.69) is 26.2 Å². The molecule has 0 radical (unpaired) electrons. The number of aromatic nitrogens is 1. The van der Waals surface area contributed by atoms with Crippen LogP contribution in [-0.4, -0.2) is 10.9 Å². The highest BCUT2D eigenvalue weighted by molar-refractivity contribution is 9.10. The Balaban J connectivity index is 1.79. The van der Waals surface area contributed by atoms with Gasteiger partial charge >= 0.3 is 0 Å². The third kappa shape index (κ3) is 2.91. The molecule has 0 bridgehead atoms. The zero-order valence-corrected chi connectivity index (χ0v) is 13.4. The van der Waals surface area contributed by atoms with Crippen LogP contribution in [0.2, 0.25) is 0 Å². The van der Waals surface area contributed by atoms with E-state index < -0.39 is 0 Å². The molecule has 0 atom stereocenters. The summed E-state index contributed by atoms with van der Waals surface area (Å²) < 4.78 is 1.91. The lowest BCUT2D eigenvalue weighted by molar-refractivity contribution is 0.0956. The molecule has 0 saturated heterocycles. The molecule has 106 valence electrons. The fraction of sp³-hybridized carbons (Fsp3) is 0.0667. The molecule has 0 aliphatic carbocycles. The number of benzene rings is 1. The van der Waals surface area contributed by atoms with Crippen molar-refractivity contribution in [2.75, 3.05) is 5.73 Å². The Labute approximate surface area is 134 Å². The summed E-state index contributed by atoms with van der Waals surface area (Å²) in [5, 5.41) is 3.77. The van der Waals surface area contributed by atoms with Gasteiger partial charge in [-0.25, -0.2) is 0 Å². The molecule has 0 unspecified atom stereocenters. The van der Waals surface area contributed by atoms with Crippen LogP contribution in [-0.2, 0) is 6.54 Å². The molecule has 0 spiro atoms. The molecule has 0 aliphatic rings. The van der Waals surface area contributed by atoms with Gasteiger partial charge in [-0.15, -0.1) is 11.3 Å². The van der Waals surface area contributed by atoms with Gasteiger partial charge in [0.25, 0.3) is 5.91 Å². The SMILES string of the molecule is Nc1c(C(=O)NCc2cccc(Br)c2)sc2cnccc12. The maximum atomic E-state index is 12.3. The number of thiophene rings is 1. The number of halogens is 1. The topological polar surface area (TPSA) is 68.0 Å². The summed E-state index contributed by atoms with van der Waals surface area (Å²) in [6.45, 7) is 0.463. The number of hydrogen-bond acceptors (Lipinski definition) is 4. The van der Waals surface area contributed by atoms with Gasteiger partial charge in [-0.1, -0.05) is 28.1 Å². The lowest BCUT2D eigenvalue weighted by atomic mass is 10.2. The highest BCUT2D eigenvalue weighted by Gasteiger charge is 2.15. The Hall–Kier alpha value is -1.92. The molecule has 1 aromatic carbocycles. The zero-order chi connectivity index (χ0) is 14.8. The average molecular weight is 362 g/mol. The second kappa shape index (κ2) is 5.83. The number of carbonyl (C=O) groups is 1. The van der Waals surface area contributed by atoms with Gasteiger partial charge in [0, 0.05) is 28.8 Å². The lowest BCUT2D eigenvalue weighted by Gasteiger charge is -2.05. The van der Waals surface area contributed by atoms with Crippen molar-refractivity contribution in [1.29, 1.82) is 0 Å². The van der Waals surface area contributed by atoms with E-state index in [1.54, 1.807) is 12.4 Å². The molecule has 2 aromatic heterocycles. The van der Waals surface area contributed by atoms with Crippen LogP contribution in [0.25, 0.3) is 10.1 Å². The molecular formula is C15H12BrN3OS. The number of nitrogens with zero attached hydrogens (tertiary/aromatic N) is 1. The van der Waals surface area contributed by atoms with Gasteiger partial charge < -0.3 is 11.1 Å². The van der Waals surface area contributed by atoms with Gasteiger partial charge in [-0.2, -0.15) is 0 Å². The number of anilines is 1. The summed E-state index contributed by atoms with van der Waals surface area (Å²) >= 11 is 4.77. The van der Waals surface area contributed by atoms with Crippen molar-refractivity contribution in [3.63, 3.8) is 0 Å². The van der Waals surface area contributed by atoms with Crippen molar-refractivity contribution < 1.29 is 4.79 Å². The van der Waals surface area contributed by atoms with Crippen LogP contribution in [0.3, 0.4) is 0 Å². The van der Waals surface area contributed by atoms with Crippen LogP contribution in [0.5, 0.6) is 0 Å². The molecule has 0 aliphatic heterocycles. The maximum absolute atomic E-state index is 12.3. The van der Waals surface area contributed by atoms with Crippen molar-refractivity contribution >= 4 is 48.9 Å². The summed E-state index contributed by atoms with van der Waals surface area (Å²) in [6, 6.07) is 9.64. The molecule has 3 N–H and O–H groups in total. The number of hydrogen-bond donors (Lipinski definition) is 2. The van der Waals surface area contributed by atoms with E-state index in [4.69, 9.17) is 5.73 Å². The van der Waals surface area contributed by atoms with Crippen molar-refractivity contribution in [2.45, 2.75) is 6.54 Å². The molecule has 6 heteroatoms. The number of nitrogen functional groups attached to an aromatic ring is 1. The van der Waals surface area contributed by atoms with Crippen LogP contribution in [0, 0.1) is 0 Å². The van der Waals surface area contributed by atoms with Gasteiger partial charge in [-0.05, 0) is 23.8 Å². The van der Waals surface area contributed by atoms with E-state index in [1.165, 1.54) is 11.3 Å². The van der Waals surface area contributed by atoms with E-state index in [9.17, 15) is 4.79 Å². The number of nitrogens with one attached hydrogen (secondary N) is 1. The first kappa shape index (κ1) is 14.0. The summed E-state index contributed by atoms with van der Waals surface area (Å²) in [6.07, 6.45) is 3.40. The Kier molecular flexibility index (Phi) is 3.90. The molecule has 2 heterocycles. The monoisotopic (exact) mass is 361 g/mol. The first-order valence-corrected chi connectivity index (χ1v) is 7.91. The van der Waals surface area contributed by atoms with Crippen LogP contribution in [0.4, 0.5) is 5.69 Å². The third-order valence-electron chi connectivity index (χ3n) is 3.08. The molecule has 0 saturated carbocycles. The number of nitrogens with two attached hydrogens (primary N) is 1. The fourth-order valence-corrected chi connectivity index (χ4v) is 3.50. The summed E-state index contributed by atoms with van der Waals surface area (Å²) in [7, 11) is 0. The quantitative estimate of drug-likeness (QED) is 0.749. The summed E-state index contributed by atoms with van der Waals surface area (Å²) in [5.41, 5.74) is 7.59. The molecule has 21 heavy (non-hydrogen) atoms. The fourth-order valence-electron chi connectivity index (χ4n) is 2.05. The molecular weight excluding hydrogens is 350 g/mol. The summed E-state index contributed by atoms with van der Waals surface area (Å²) in [4.78, 5) is 16.9. The predicted molar refractivity (Wildman–Crippen MR) is 89.3 cm³/mol. The first-order valence-electron chi connectivity index (χ1n) is 6.30. The largest absolute Gasteiger partial charge is 0.397 e. The number of rotatable bonds is 3. The van der Waals surface area contributed by atoms with Crippen molar-refractivity contribution in [2.24, 2.45) is 0 Å². The van der Waals surface area contributed by atoms with E-state index in [-0.39, 0.29) is 5.91 Å². The van der Waals surface area contributed by atoms with Gasteiger partial charge in [-0.3, -0.25) is 9.78 Å².